The number of nitrogens with zero attached hydrogens (tertiary/aromatic N) is 1. The summed E-state index contributed by atoms with van der Waals surface area (Å²) in [5.41, 5.74) is 0. The zero-order chi connectivity index (χ0) is 16.8. The Bertz CT molecular complexity index is 126. The Kier molecular flexibility index (Phi) is 35.5. The van der Waals surface area contributed by atoms with Crippen molar-refractivity contribution in [2.24, 2.45) is 0 Å². The highest BCUT2D eigenvalue weighted by Gasteiger charge is 1.95. The van der Waals surface area contributed by atoms with Crippen molar-refractivity contribution < 1.29 is 0 Å². The molecule has 0 aliphatic rings. The molecule has 0 N–H and O–H groups in total. The molecule has 2 heteroatoms. The van der Waals surface area contributed by atoms with E-state index in [1.165, 1.54) is 70.6 Å². The van der Waals surface area contributed by atoms with Gasteiger partial charge >= 0.3 is 0 Å². The highest BCUT2D eigenvalue weighted by atomic mass is 32.1. The molecule has 0 aromatic heterocycles. The molecule has 0 bridgehead atoms. The highest BCUT2D eigenvalue weighted by molar-refractivity contribution is 7.77. The minimum absolute atomic E-state index is 1.14. The molecule has 0 aromatic rings. The van der Waals surface area contributed by atoms with Gasteiger partial charge in [-0.2, -0.15) is 0 Å². The molecule has 0 aliphatic heterocycles. The standard InChI is InChI=1S/C9H20.C8H19NS.C2H6/c1-3-5-7-9-8-6-4-2;1-3-5-7-9(10)8-6-4-2;1-2/h3-9H2,1-2H3;10H,3-8H2,1-2H3;1-2H3. The third-order valence-corrected chi connectivity index (χ3v) is 3.65. The highest BCUT2D eigenvalue weighted by Crippen LogP contribution is 2.05. The van der Waals surface area contributed by atoms with Crippen molar-refractivity contribution in [2.45, 2.75) is 112 Å². The van der Waals surface area contributed by atoms with E-state index in [0.29, 0.717) is 0 Å². The number of hydrogen-bond acceptors (Lipinski definition) is 2. The first kappa shape index (κ1) is 26.2. The lowest BCUT2D eigenvalue weighted by molar-refractivity contribution is 0.449. The normalized spacial score (nSPS) is 9.71. The molecular formula is C19H45NS. The number of thiol groups is 1. The van der Waals surface area contributed by atoms with Gasteiger partial charge in [0.1, 0.15) is 0 Å². The Morgan fingerprint density at radius 2 is 0.810 bits per heavy atom. The van der Waals surface area contributed by atoms with Gasteiger partial charge in [-0.25, -0.2) is 0 Å². The van der Waals surface area contributed by atoms with Crippen molar-refractivity contribution in [2.75, 3.05) is 13.1 Å². The maximum Gasteiger partial charge on any atom is 0.00868 e. The second-order valence-corrected chi connectivity index (χ2v) is 5.99. The van der Waals surface area contributed by atoms with Crippen LogP contribution in [0.15, 0.2) is 0 Å². The van der Waals surface area contributed by atoms with Crippen molar-refractivity contribution >= 4 is 12.8 Å². The van der Waals surface area contributed by atoms with E-state index in [9.17, 15) is 0 Å². The van der Waals surface area contributed by atoms with E-state index in [1.54, 1.807) is 0 Å². The topological polar surface area (TPSA) is 3.24 Å². The molecule has 21 heavy (non-hydrogen) atoms. The van der Waals surface area contributed by atoms with E-state index in [0.717, 1.165) is 13.1 Å². The molecule has 0 fully saturated rings. The van der Waals surface area contributed by atoms with Crippen molar-refractivity contribution in [3.8, 4) is 0 Å². The summed E-state index contributed by atoms with van der Waals surface area (Å²) >= 11 is 4.33. The molecule has 0 saturated heterocycles. The maximum absolute atomic E-state index is 4.33. The molecule has 0 aliphatic carbocycles. The van der Waals surface area contributed by atoms with Crippen molar-refractivity contribution in [1.29, 1.82) is 0 Å². The van der Waals surface area contributed by atoms with Crippen LogP contribution in [0.3, 0.4) is 0 Å². The summed E-state index contributed by atoms with van der Waals surface area (Å²) in [5.74, 6) is 0. The van der Waals surface area contributed by atoms with Gasteiger partial charge in [0.15, 0.2) is 0 Å². The van der Waals surface area contributed by atoms with Crippen molar-refractivity contribution in [1.82, 2.24) is 4.31 Å². The Morgan fingerprint density at radius 1 is 0.524 bits per heavy atom. The predicted molar refractivity (Wildman–Crippen MR) is 105 cm³/mol. The van der Waals surface area contributed by atoms with E-state index in [1.807, 2.05) is 13.8 Å². The van der Waals surface area contributed by atoms with Crippen LogP contribution in [0, 0.1) is 0 Å². The fraction of sp³-hybridized carbons (Fsp3) is 1.00. The predicted octanol–water partition coefficient (Wildman–Crippen LogP) is 7.52. The van der Waals surface area contributed by atoms with Gasteiger partial charge in [-0.05, 0) is 12.8 Å². The minimum Gasteiger partial charge on any atom is -0.253 e. The Morgan fingerprint density at radius 3 is 1.10 bits per heavy atom. The smallest absolute Gasteiger partial charge is 0.00868 e. The summed E-state index contributed by atoms with van der Waals surface area (Å²) in [6.45, 7) is 15.2. The van der Waals surface area contributed by atoms with Crippen LogP contribution in [0.4, 0.5) is 0 Å². The lowest BCUT2D eigenvalue weighted by Crippen LogP contribution is -2.14. The molecule has 0 unspecified atom stereocenters. The Hall–Kier alpha value is 0.310. The van der Waals surface area contributed by atoms with Crippen LogP contribution in [0.5, 0.6) is 0 Å². The number of hydrogen-bond donors (Lipinski definition) is 1. The van der Waals surface area contributed by atoms with E-state index < -0.39 is 0 Å². The minimum atomic E-state index is 1.14. The SMILES string of the molecule is CC.CCCCCCCCC.CCCCN(S)CCCC. The summed E-state index contributed by atoms with van der Waals surface area (Å²) in [6, 6.07) is 0. The molecule has 0 amide bonds. The van der Waals surface area contributed by atoms with Crippen molar-refractivity contribution in [3.63, 3.8) is 0 Å². The first-order valence-corrected chi connectivity index (χ1v) is 10.1. The fourth-order valence-corrected chi connectivity index (χ4v) is 2.11. The molecular weight excluding hydrogens is 274 g/mol. The van der Waals surface area contributed by atoms with Crippen LogP contribution in [0.2, 0.25) is 0 Å². The lowest BCUT2D eigenvalue weighted by Gasteiger charge is -2.13. The van der Waals surface area contributed by atoms with Crippen LogP contribution >= 0.6 is 12.8 Å². The summed E-state index contributed by atoms with van der Waals surface area (Å²) in [6.07, 6.45) is 15.0. The molecule has 0 aromatic carbocycles. The molecule has 0 spiro atoms. The third-order valence-electron chi connectivity index (χ3n) is 3.25. The van der Waals surface area contributed by atoms with Crippen LogP contribution in [-0.2, 0) is 0 Å². The molecule has 0 saturated carbocycles. The molecule has 0 rings (SSSR count). The van der Waals surface area contributed by atoms with Crippen LogP contribution < -0.4 is 0 Å². The second-order valence-electron chi connectivity index (χ2n) is 5.43. The first-order valence-electron chi connectivity index (χ1n) is 9.66. The summed E-state index contributed by atoms with van der Waals surface area (Å²) in [5, 5.41) is 0. The molecule has 0 atom stereocenters. The van der Waals surface area contributed by atoms with E-state index in [-0.39, 0.29) is 0 Å². The lowest BCUT2D eigenvalue weighted by atomic mass is 10.1. The van der Waals surface area contributed by atoms with Crippen LogP contribution in [-0.4, -0.2) is 17.4 Å². The van der Waals surface area contributed by atoms with Gasteiger partial charge in [-0.3, -0.25) is 4.31 Å². The van der Waals surface area contributed by atoms with Gasteiger partial charge in [0, 0.05) is 13.1 Å². The molecule has 1 nitrogen and oxygen atoms in total. The Labute approximate surface area is 142 Å². The van der Waals surface area contributed by atoms with Gasteiger partial charge in [0.05, 0.1) is 0 Å². The van der Waals surface area contributed by atoms with Gasteiger partial charge in [0.25, 0.3) is 0 Å². The summed E-state index contributed by atoms with van der Waals surface area (Å²) in [7, 11) is 0. The number of unbranched alkanes of at least 4 members (excludes halogenated alkanes) is 8. The average molecular weight is 320 g/mol. The third kappa shape index (κ3) is 33.3. The second kappa shape index (κ2) is 28.5. The summed E-state index contributed by atoms with van der Waals surface area (Å²) in [4.78, 5) is 0. The van der Waals surface area contributed by atoms with Crippen LogP contribution in [0.25, 0.3) is 0 Å². The van der Waals surface area contributed by atoms with Gasteiger partial charge in [-0.1, -0.05) is 112 Å². The average Bonchev–Trinajstić information content (AvgIpc) is 2.53. The molecule has 0 radical (unpaired) electrons. The van der Waals surface area contributed by atoms with Crippen LogP contribution in [0.1, 0.15) is 112 Å². The summed E-state index contributed by atoms with van der Waals surface area (Å²) < 4.78 is 2.12. The maximum atomic E-state index is 4.33. The van der Waals surface area contributed by atoms with Gasteiger partial charge < -0.3 is 0 Å². The fourth-order valence-electron chi connectivity index (χ4n) is 1.82. The largest absolute Gasteiger partial charge is 0.253 e. The van der Waals surface area contributed by atoms with Gasteiger partial charge in [-0.15, -0.1) is 0 Å². The van der Waals surface area contributed by atoms with E-state index >= 15 is 0 Å². The quantitative estimate of drug-likeness (QED) is 0.287. The Balaban J connectivity index is -0.000000277. The number of rotatable bonds is 12. The molecule has 0 heterocycles. The monoisotopic (exact) mass is 319 g/mol. The van der Waals surface area contributed by atoms with E-state index in [2.05, 4.69) is 44.8 Å². The first-order chi connectivity index (χ1) is 10.2. The van der Waals surface area contributed by atoms with E-state index in [4.69, 9.17) is 0 Å². The van der Waals surface area contributed by atoms with Gasteiger partial charge in [0.2, 0.25) is 0 Å². The zero-order valence-electron chi connectivity index (χ0n) is 16.1. The molecule has 132 valence electrons. The van der Waals surface area contributed by atoms with Crippen molar-refractivity contribution in [3.05, 3.63) is 0 Å². The zero-order valence-corrected chi connectivity index (χ0v) is 17.0.